The first-order chi connectivity index (χ1) is 12.3. The van der Waals surface area contributed by atoms with Crippen molar-refractivity contribution in [3.05, 3.63) is 70.9 Å². The standard InChI is InChI=1S/C20H20N2O2S/c1-2-24-18-9-7-17(8-10-18)22-20(23)21-13-15-5-3-4-6-19(15)16-11-12-25-14-16/h3-12,14H,2,13H2,1H3,(H2,21,22,23). The molecule has 0 aliphatic rings. The fourth-order valence-electron chi connectivity index (χ4n) is 2.53. The normalized spacial score (nSPS) is 10.3. The third kappa shape index (κ3) is 4.61. The number of carbonyl (C=O) groups excluding carboxylic acids is 1. The molecule has 2 aromatic carbocycles. The Bertz CT molecular complexity index is 814. The highest BCUT2D eigenvalue weighted by Crippen LogP contribution is 2.25. The third-order valence-corrected chi connectivity index (χ3v) is 4.40. The van der Waals surface area contributed by atoms with Crippen LogP contribution in [0.2, 0.25) is 0 Å². The number of amides is 2. The van der Waals surface area contributed by atoms with E-state index in [-0.39, 0.29) is 6.03 Å². The summed E-state index contributed by atoms with van der Waals surface area (Å²) in [5.74, 6) is 0.790. The number of hydrogen-bond acceptors (Lipinski definition) is 3. The number of anilines is 1. The van der Waals surface area contributed by atoms with Crippen molar-refractivity contribution in [1.82, 2.24) is 5.32 Å². The predicted molar refractivity (Wildman–Crippen MR) is 103 cm³/mol. The minimum atomic E-state index is -0.232. The molecular weight excluding hydrogens is 332 g/mol. The Morgan fingerprint density at radius 1 is 1.08 bits per heavy atom. The molecule has 1 aromatic heterocycles. The minimum Gasteiger partial charge on any atom is -0.494 e. The average Bonchev–Trinajstić information content (AvgIpc) is 3.17. The fourth-order valence-corrected chi connectivity index (χ4v) is 3.18. The van der Waals surface area contributed by atoms with Crippen molar-refractivity contribution in [1.29, 1.82) is 0 Å². The lowest BCUT2D eigenvalue weighted by molar-refractivity contribution is 0.251. The van der Waals surface area contributed by atoms with Gasteiger partial charge in [-0.15, -0.1) is 0 Å². The van der Waals surface area contributed by atoms with Gasteiger partial charge in [-0.1, -0.05) is 24.3 Å². The molecule has 128 valence electrons. The number of thiophene rings is 1. The largest absolute Gasteiger partial charge is 0.494 e. The van der Waals surface area contributed by atoms with Gasteiger partial charge in [0.05, 0.1) is 6.61 Å². The van der Waals surface area contributed by atoms with Crippen LogP contribution in [0.5, 0.6) is 5.75 Å². The first kappa shape index (κ1) is 17.0. The maximum absolute atomic E-state index is 12.1. The summed E-state index contributed by atoms with van der Waals surface area (Å²) in [5.41, 5.74) is 4.13. The van der Waals surface area contributed by atoms with Crippen molar-refractivity contribution in [2.75, 3.05) is 11.9 Å². The molecule has 0 aliphatic heterocycles. The highest BCUT2D eigenvalue weighted by Gasteiger charge is 2.07. The van der Waals surface area contributed by atoms with Crippen LogP contribution in [0.4, 0.5) is 10.5 Å². The number of benzene rings is 2. The molecule has 3 aromatic rings. The number of hydrogen-bond donors (Lipinski definition) is 2. The summed E-state index contributed by atoms with van der Waals surface area (Å²) >= 11 is 1.66. The predicted octanol–water partition coefficient (Wildman–Crippen LogP) is 5.14. The molecule has 4 nitrogen and oxygen atoms in total. The van der Waals surface area contributed by atoms with E-state index in [0.717, 1.165) is 22.6 Å². The van der Waals surface area contributed by atoms with Crippen molar-refractivity contribution in [3.63, 3.8) is 0 Å². The Hall–Kier alpha value is -2.79. The lowest BCUT2D eigenvalue weighted by Gasteiger charge is -2.11. The lowest BCUT2D eigenvalue weighted by atomic mass is 10.0. The topological polar surface area (TPSA) is 50.4 Å². The van der Waals surface area contributed by atoms with Crippen LogP contribution >= 0.6 is 11.3 Å². The molecule has 3 rings (SSSR count). The highest BCUT2D eigenvalue weighted by molar-refractivity contribution is 7.08. The Morgan fingerprint density at radius 2 is 1.88 bits per heavy atom. The molecule has 0 atom stereocenters. The number of ether oxygens (including phenoxy) is 1. The molecule has 0 fully saturated rings. The van der Waals surface area contributed by atoms with Gasteiger partial charge in [-0.25, -0.2) is 4.79 Å². The molecule has 0 saturated heterocycles. The lowest BCUT2D eigenvalue weighted by Crippen LogP contribution is -2.28. The van der Waals surface area contributed by atoms with E-state index in [1.54, 1.807) is 11.3 Å². The summed E-state index contributed by atoms with van der Waals surface area (Å²) < 4.78 is 5.39. The molecule has 2 amide bonds. The summed E-state index contributed by atoms with van der Waals surface area (Å²) in [6.45, 7) is 3.03. The summed E-state index contributed by atoms with van der Waals surface area (Å²) in [7, 11) is 0. The number of carbonyl (C=O) groups is 1. The Labute approximate surface area is 151 Å². The second-order valence-corrected chi connectivity index (χ2v) is 6.21. The van der Waals surface area contributed by atoms with Gasteiger partial charge in [0, 0.05) is 12.2 Å². The molecular formula is C20H20N2O2S. The van der Waals surface area contributed by atoms with Crippen molar-refractivity contribution in [3.8, 4) is 16.9 Å². The molecule has 0 radical (unpaired) electrons. The Morgan fingerprint density at radius 3 is 2.60 bits per heavy atom. The molecule has 1 heterocycles. The van der Waals surface area contributed by atoms with Crippen molar-refractivity contribution in [2.45, 2.75) is 13.5 Å². The van der Waals surface area contributed by atoms with Crippen LogP contribution in [0.25, 0.3) is 11.1 Å². The monoisotopic (exact) mass is 352 g/mol. The van der Waals surface area contributed by atoms with Crippen LogP contribution in [-0.4, -0.2) is 12.6 Å². The molecule has 25 heavy (non-hydrogen) atoms. The van der Waals surface area contributed by atoms with Gasteiger partial charge in [0.25, 0.3) is 0 Å². The average molecular weight is 352 g/mol. The molecule has 0 saturated carbocycles. The van der Waals surface area contributed by atoms with Gasteiger partial charge >= 0.3 is 6.03 Å². The van der Waals surface area contributed by atoms with E-state index >= 15 is 0 Å². The van der Waals surface area contributed by atoms with Crippen molar-refractivity contribution < 1.29 is 9.53 Å². The van der Waals surface area contributed by atoms with Gasteiger partial charge in [-0.3, -0.25) is 0 Å². The zero-order valence-electron chi connectivity index (χ0n) is 14.0. The maximum Gasteiger partial charge on any atom is 0.319 e. The Balaban J connectivity index is 1.59. The molecule has 0 aliphatic carbocycles. The van der Waals surface area contributed by atoms with E-state index < -0.39 is 0 Å². The summed E-state index contributed by atoms with van der Waals surface area (Å²) in [6.07, 6.45) is 0. The smallest absolute Gasteiger partial charge is 0.319 e. The van der Waals surface area contributed by atoms with E-state index in [4.69, 9.17) is 4.74 Å². The van der Waals surface area contributed by atoms with Crippen LogP contribution in [0.1, 0.15) is 12.5 Å². The van der Waals surface area contributed by atoms with Gasteiger partial charge < -0.3 is 15.4 Å². The second-order valence-electron chi connectivity index (χ2n) is 5.43. The van der Waals surface area contributed by atoms with Crippen LogP contribution in [-0.2, 0) is 6.54 Å². The minimum absolute atomic E-state index is 0.232. The fraction of sp³-hybridized carbons (Fsp3) is 0.150. The second kappa shape index (κ2) is 8.35. The Kier molecular flexibility index (Phi) is 5.69. The number of rotatable bonds is 6. The number of urea groups is 1. The zero-order chi connectivity index (χ0) is 17.5. The van der Waals surface area contributed by atoms with Crippen LogP contribution < -0.4 is 15.4 Å². The van der Waals surface area contributed by atoms with E-state index in [0.29, 0.717) is 13.2 Å². The summed E-state index contributed by atoms with van der Waals surface area (Å²) in [4.78, 5) is 12.1. The molecule has 0 bridgehead atoms. The molecule has 0 unspecified atom stereocenters. The van der Waals surface area contributed by atoms with E-state index in [2.05, 4.69) is 33.5 Å². The van der Waals surface area contributed by atoms with E-state index in [1.807, 2.05) is 49.4 Å². The summed E-state index contributed by atoms with van der Waals surface area (Å²) in [5, 5.41) is 9.91. The SMILES string of the molecule is CCOc1ccc(NC(=O)NCc2ccccc2-c2ccsc2)cc1. The van der Waals surface area contributed by atoms with E-state index in [1.165, 1.54) is 5.56 Å². The highest BCUT2D eigenvalue weighted by atomic mass is 32.1. The van der Waals surface area contributed by atoms with Crippen LogP contribution in [0.3, 0.4) is 0 Å². The maximum atomic E-state index is 12.1. The summed E-state index contributed by atoms with van der Waals surface area (Å²) in [6, 6.07) is 17.3. The molecule has 2 N–H and O–H groups in total. The molecule has 0 spiro atoms. The number of nitrogens with one attached hydrogen (secondary N) is 2. The van der Waals surface area contributed by atoms with Gasteiger partial charge in [0.15, 0.2) is 0 Å². The quantitative estimate of drug-likeness (QED) is 0.646. The van der Waals surface area contributed by atoms with Crippen molar-refractivity contribution in [2.24, 2.45) is 0 Å². The third-order valence-electron chi connectivity index (χ3n) is 3.71. The van der Waals surface area contributed by atoms with Crippen LogP contribution in [0.15, 0.2) is 65.4 Å². The van der Waals surface area contributed by atoms with Gasteiger partial charge in [-0.2, -0.15) is 11.3 Å². The van der Waals surface area contributed by atoms with Crippen molar-refractivity contribution >= 4 is 23.1 Å². The van der Waals surface area contributed by atoms with Gasteiger partial charge in [0.2, 0.25) is 0 Å². The first-order valence-corrected chi connectivity index (χ1v) is 9.08. The van der Waals surface area contributed by atoms with Crippen LogP contribution in [0, 0.1) is 0 Å². The first-order valence-electron chi connectivity index (χ1n) is 8.14. The molecule has 5 heteroatoms. The zero-order valence-corrected chi connectivity index (χ0v) is 14.8. The van der Waals surface area contributed by atoms with Gasteiger partial charge in [0.1, 0.15) is 5.75 Å². The van der Waals surface area contributed by atoms with E-state index in [9.17, 15) is 4.79 Å². The van der Waals surface area contributed by atoms with Gasteiger partial charge in [-0.05, 0) is 64.7 Å².